The van der Waals surface area contributed by atoms with Gasteiger partial charge >= 0.3 is 0 Å². The second kappa shape index (κ2) is 6.96. The fourth-order valence-corrected chi connectivity index (χ4v) is 4.59. The van der Waals surface area contributed by atoms with Crippen molar-refractivity contribution in [2.75, 3.05) is 5.32 Å². The average molecular weight is 382 g/mol. The van der Waals surface area contributed by atoms with Gasteiger partial charge in [-0.3, -0.25) is 14.2 Å². The molecule has 0 unspecified atom stereocenters. The number of rotatable bonds is 4. The molecule has 0 spiro atoms. The summed E-state index contributed by atoms with van der Waals surface area (Å²) >= 11 is 1.56. The number of carboxylic acids is 1. The highest BCUT2D eigenvalue weighted by atomic mass is 32.1. The molecule has 0 bridgehead atoms. The molecule has 0 radical (unpaired) electrons. The molecule has 4 rings (SSSR count). The molecule has 27 heavy (non-hydrogen) atoms. The van der Waals surface area contributed by atoms with Crippen molar-refractivity contribution in [2.45, 2.75) is 32.2 Å². The number of carbonyl (C=O) groups excluding carboxylic acids is 2. The minimum absolute atomic E-state index is 0.0297. The fraction of sp³-hybridized carbons (Fsp3) is 0.263. The van der Waals surface area contributed by atoms with Gasteiger partial charge in [0.25, 0.3) is 5.56 Å². The van der Waals surface area contributed by atoms with Crippen LogP contribution in [-0.4, -0.2) is 21.4 Å². The summed E-state index contributed by atoms with van der Waals surface area (Å²) in [6.45, 7) is -0.193. The van der Waals surface area contributed by atoms with Crippen molar-refractivity contribution >= 4 is 39.1 Å². The van der Waals surface area contributed by atoms with Crippen LogP contribution < -0.4 is 16.0 Å². The quantitative estimate of drug-likeness (QED) is 0.733. The molecule has 0 saturated heterocycles. The number of hydrogen-bond donors (Lipinski definition) is 1. The Hall–Kier alpha value is -3.00. The van der Waals surface area contributed by atoms with Gasteiger partial charge in [0.15, 0.2) is 0 Å². The molecule has 0 fully saturated rings. The summed E-state index contributed by atoms with van der Waals surface area (Å²) in [5.74, 6) is -1.75. The number of fused-ring (bicyclic) bond motifs is 3. The van der Waals surface area contributed by atoms with Crippen LogP contribution >= 0.6 is 11.3 Å². The molecule has 3 aromatic rings. The predicted octanol–water partition coefficient (Wildman–Crippen LogP) is 1.34. The van der Waals surface area contributed by atoms with Crippen LogP contribution in [0.5, 0.6) is 0 Å². The predicted molar refractivity (Wildman–Crippen MR) is 99.9 cm³/mol. The Kier molecular flexibility index (Phi) is 4.49. The summed E-state index contributed by atoms with van der Waals surface area (Å²) in [7, 11) is 0. The topological polar surface area (TPSA) is 104 Å². The molecule has 0 saturated carbocycles. The molecule has 2 aromatic heterocycles. The minimum atomic E-state index is -1.32. The standard InChI is InChI=1S/C19H17N3O4S/c23-15(21-12-5-3-4-11(8-12)19(25)26)9-22-10-20-17-16(18(22)24)13-6-1-2-7-14(13)27-17/h3-5,8,10H,1-2,6-7,9H2,(H,21,23)(H,25,26)/p-1. The molecule has 1 aliphatic rings. The van der Waals surface area contributed by atoms with Gasteiger partial charge in [-0.15, -0.1) is 11.3 Å². The van der Waals surface area contributed by atoms with Gasteiger partial charge in [0.05, 0.1) is 17.7 Å². The largest absolute Gasteiger partial charge is 0.545 e. The summed E-state index contributed by atoms with van der Waals surface area (Å²) in [6, 6.07) is 5.78. The van der Waals surface area contributed by atoms with Gasteiger partial charge in [-0.05, 0) is 48.9 Å². The lowest BCUT2D eigenvalue weighted by Gasteiger charge is -2.11. The average Bonchev–Trinajstić information content (AvgIpc) is 3.03. The van der Waals surface area contributed by atoms with E-state index in [2.05, 4.69) is 10.3 Å². The number of aromatic carboxylic acids is 1. The molecule has 0 aliphatic heterocycles. The van der Waals surface area contributed by atoms with Crippen molar-refractivity contribution in [3.8, 4) is 0 Å². The Morgan fingerprint density at radius 1 is 1.26 bits per heavy atom. The lowest BCUT2D eigenvalue weighted by atomic mass is 9.97. The van der Waals surface area contributed by atoms with Gasteiger partial charge in [0, 0.05) is 10.6 Å². The number of benzene rings is 1. The molecule has 1 aliphatic carbocycles. The molecule has 1 aromatic carbocycles. The van der Waals surface area contributed by atoms with Gasteiger partial charge < -0.3 is 15.2 Å². The Morgan fingerprint density at radius 3 is 2.89 bits per heavy atom. The van der Waals surface area contributed by atoms with Gasteiger partial charge in [-0.25, -0.2) is 4.98 Å². The highest BCUT2D eigenvalue weighted by Gasteiger charge is 2.20. The monoisotopic (exact) mass is 382 g/mol. The van der Waals surface area contributed by atoms with Crippen molar-refractivity contribution in [1.29, 1.82) is 0 Å². The third-order valence-corrected chi connectivity index (χ3v) is 5.84. The normalized spacial score (nSPS) is 13.3. The zero-order valence-electron chi connectivity index (χ0n) is 14.4. The number of thiophene rings is 1. The van der Waals surface area contributed by atoms with Crippen LogP contribution in [0.15, 0.2) is 35.4 Å². The number of hydrogen-bond acceptors (Lipinski definition) is 6. The third kappa shape index (κ3) is 3.35. The number of nitrogens with one attached hydrogen (secondary N) is 1. The second-order valence-electron chi connectivity index (χ2n) is 6.49. The molecule has 2 heterocycles. The molecule has 138 valence electrons. The molecule has 0 atom stereocenters. The van der Waals surface area contributed by atoms with Crippen LogP contribution in [-0.2, 0) is 24.2 Å². The highest BCUT2D eigenvalue weighted by Crippen LogP contribution is 2.33. The second-order valence-corrected chi connectivity index (χ2v) is 7.57. The van der Waals surface area contributed by atoms with E-state index in [9.17, 15) is 19.5 Å². The van der Waals surface area contributed by atoms with Crippen LogP contribution in [0.1, 0.15) is 33.6 Å². The van der Waals surface area contributed by atoms with Crippen LogP contribution in [0, 0.1) is 0 Å². The number of nitrogens with zero attached hydrogens (tertiary/aromatic N) is 2. The SMILES string of the molecule is O=C(Cn1cnc2sc3c(c2c1=O)CCCC3)Nc1cccc(C(=O)[O-])c1. The van der Waals surface area contributed by atoms with E-state index in [-0.39, 0.29) is 17.7 Å². The Bertz CT molecular complexity index is 1120. The number of aromatic nitrogens is 2. The van der Waals surface area contributed by atoms with Crippen molar-refractivity contribution in [2.24, 2.45) is 0 Å². The van der Waals surface area contributed by atoms with E-state index in [1.165, 1.54) is 34.0 Å². The smallest absolute Gasteiger partial charge is 0.262 e. The summed E-state index contributed by atoms with van der Waals surface area (Å²) in [4.78, 5) is 42.4. The van der Waals surface area contributed by atoms with Crippen molar-refractivity contribution < 1.29 is 14.7 Å². The van der Waals surface area contributed by atoms with Gasteiger partial charge in [0.1, 0.15) is 11.4 Å². The highest BCUT2D eigenvalue weighted by molar-refractivity contribution is 7.18. The number of aryl methyl sites for hydroxylation is 2. The van der Waals surface area contributed by atoms with Crippen molar-refractivity contribution in [3.05, 3.63) is 57.0 Å². The minimum Gasteiger partial charge on any atom is -0.545 e. The Morgan fingerprint density at radius 2 is 2.07 bits per heavy atom. The summed E-state index contributed by atoms with van der Waals surface area (Å²) < 4.78 is 1.29. The first-order valence-corrected chi connectivity index (χ1v) is 9.45. The lowest BCUT2D eigenvalue weighted by Crippen LogP contribution is -2.28. The maximum atomic E-state index is 12.9. The van der Waals surface area contributed by atoms with Gasteiger partial charge in [0.2, 0.25) is 5.91 Å². The Labute approximate surface area is 158 Å². The number of amides is 1. The van der Waals surface area contributed by atoms with E-state index >= 15 is 0 Å². The van der Waals surface area contributed by atoms with Crippen LogP contribution in [0.2, 0.25) is 0 Å². The fourth-order valence-electron chi connectivity index (χ4n) is 3.37. The van der Waals surface area contributed by atoms with E-state index < -0.39 is 11.9 Å². The summed E-state index contributed by atoms with van der Waals surface area (Å²) in [6.07, 6.45) is 5.43. The number of carbonyl (C=O) groups is 2. The molecular weight excluding hydrogens is 366 g/mol. The van der Waals surface area contributed by atoms with Gasteiger partial charge in [-0.2, -0.15) is 0 Å². The van der Waals surface area contributed by atoms with E-state index in [4.69, 9.17) is 0 Å². The summed E-state index contributed by atoms with van der Waals surface area (Å²) in [5.41, 5.74) is 1.17. The molecule has 8 heteroatoms. The maximum absolute atomic E-state index is 12.9. The first kappa shape index (κ1) is 17.4. The zero-order chi connectivity index (χ0) is 19.0. The molecule has 1 N–H and O–H groups in total. The van der Waals surface area contributed by atoms with Crippen molar-refractivity contribution in [3.63, 3.8) is 0 Å². The zero-order valence-corrected chi connectivity index (χ0v) is 15.2. The van der Waals surface area contributed by atoms with Crippen molar-refractivity contribution in [1.82, 2.24) is 9.55 Å². The van der Waals surface area contributed by atoms with E-state index in [1.54, 1.807) is 17.4 Å². The first-order valence-electron chi connectivity index (χ1n) is 8.64. The van der Waals surface area contributed by atoms with Gasteiger partial charge in [-0.1, -0.05) is 12.1 Å². The maximum Gasteiger partial charge on any atom is 0.262 e. The van der Waals surface area contributed by atoms with Crippen LogP contribution in [0.4, 0.5) is 5.69 Å². The van der Waals surface area contributed by atoms with E-state index in [0.717, 1.165) is 36.1 Å². The lowest BCUT2D eigenvalue weighted by molar-refractivity contribution is -0.255. The molecule has 7 nitrogen and oxygen atoms in total. The third-order valence-electron chi connectivity index (χ3n) is 4.64. The van der Waals surface area contributed by atoms with Crippen LogP contribution in [0.25, 0.3) is 10.2 Å². The first-order chi connectivity index (χ1) is 13.0. The van der Waals surface area contributed by atoms with E-state index in [0.29, 0.717) is 11.1 Å². The molecule has 1 amide bonds. The number of anilines is 1. The summed E-state index contributed by atoms with van der Waals surface area (Å²) in [5, 5.41) is 14.1. The number of carboxylic acid groups (broad SMARTS) is 1. The Balaban J connectivity index is 1.59. The molecular formula is C19H16N3O4S-. The van der Waals surface area contributed by atoms with E-state index in [1.807, 2.05) is 0 Å². The van der Waals surface area contributed by atoms with Crippen LogP contribution in [0.3, 0.4) is 0 Å².